The summed E-state index contributed by atoms with van der Waals surface area (Å²) in [6.07, 6.45) is 0.883. The summed E-state index contributed by atoms with van der Waals surface area (Å²) in [6, 6.07) is 14.1. The van der Waals surface area contributed by atoms with E-state index in [1.54, 1.807) is 0 Å². The van der Waals surface area contributed by atoms with Crippen LogP contribution in [0, 0.1) is 6.92 Å². The number of rotatable bonds is 7. The Labute approximate surface area is 166 Å². The predicted octanol–water partition coefficient (Wildman–Crippen LogP) is 4.12. The average Bonchev–Trinajstić information content (AvgIpc) is 2.69. The van der Waals surface area contributed by atoms with Gasteiger partial charge in [-0.05, 0) is 42.2 Å². The highest BCUT2D eigenvalue weighted by Crippen LogP contribution is 2.20. The highest BCUT2D eigenvalue weighted by atomic mass is 32.2. The van der Waals surface area contributed by atoms with Crippen molar-refractivity contribution >= 4 is 23.4 Å². The van der Waals surface area contributed by atoms with Crippen molar-refractivity contribution in [3.8, 4) is 5.75 Å². The quantitative estimate of drug-likeness (QED) is 0.780. The van der Waals surface area contributed by atoms with Crippen LogP contribution in [-0.4, -0.2) is 42.0 Å². The summed E-state index contributed by atoms with van der Waals surface area (Å²) < 4.78 is 5.71. The van der Waals surface area contributed by atoms with Crippen LogP contribution in [0.4, 0.5) is 5.69 Å². The van der Waals surface area contributed by atoms with Gasteiger partial charge in [0.1, 0.15) is 5.75 Å². The van der Waals surface area contributed by atoms with E-state index in [1.807, 2.05) is 49.0 Å². The SMILES string of the molecule is CCc1ccccc1OCC(=O)Nc1ccc(CN2CCSCC2)cc1C. The van der Waals surface area contributed by atoms with E-state index in [4.69, 9.17) is 4.74 Å². The Hall–Kier alpha value is -1.98. The maximum atomic E-state index is 12.3. The largest absolute Gasteiger partial charge is 0.483 e. The molecule has 0 radical (unpaired) electrons. The normalized spacial score (nSPS) is 14.7. The van der Waals surface area contributed by atoms with E-state index in [-0.39, 0.29) is 12.5 Å². The molecule has 27 heavy (non-hydrogen) atoms. The van der Waals surface area contributed by atoms with Gasteiger partial charge in [-0.1, -0.05) is 37.3 Å². The molecule has 144 valence electrons. The number of nitrogens with zero attached hydrogens (tertiary/aromatic N) is 1. The molecule has 1 aliphatic heterocycles. The van der Waals surface area contributed by atoms with Crippen molar-refractivity contribution in [2.24, 2.45) is 0 Å². The first kappa shape index (κ1) is 19.8. The molecule has 1 fully saturated rings. The van der Waals surface area contributed by atoms with E-state index < -0.39 is 0 Å². The Morgan fingerprint density at radius 2 is 1.96 bits per heavy atom. The van der Waals surface area contributed by atoms with Crippen molar-refractivity contribution in [1.29, 1.82) is 0 Å². The van der Waals surface area contributed by atoms with Gasteiger partial charge in [0.15, 0.2) is 6.61 Å². The van der Waals surface area contributed by atoms with Crippen molar-refractivity contribution in [3.63, 3.8) is 0 Å². The maximum absolute atomic E-state index is 12.3. The molecule has 1 heterocycles. The van der Waals surface area contributed by atoms with E-state index in [2.05, 4.69) is 29.3 Å². The Morgan fingerprint density at radius 1 is 1.19 bits per heavy atom. The van der Waals surface area contributed by atoms with Crippen LogP contribution in [0.1, 0.15) is 23.6 Å². The zero-order chi connectivity index (χ0) is 19.1. The number of benzene rings is 2. The number of para-hydroxylation sites is 1. The fourth-order valence-electron chi connectivity index (χ4n) is 3.25. The summed E-state index contributed by atoms with van der Waals surface area (Å²) >= 11 is 2.03. The molecule has 5 heteroatoms. The van der Waals surface area contributed by atoms with Crippen LogP contribution in [0.2, 0.25) is 0 Å². The molecule has 0 spiro atoms. The van der Waals surface area contributed by atoms with E-state index in [1.165, 1.54) is 17.1 Å². The smallest absolute Gasteiger partial charge is 0.262 e. The molecule has 1 N–H and O–H groups in total. The maximum Gasteiger partial charge on any atom is 0.262 e. The summed E-state index contributed by atoms with van der Waals surface area (Å²) in [4.78, 5) is 14.8. The van der Waals surface area contributed by atoms with E-state index in [0.717, 1.165) is 48.6 Å². The number of anilines is 1. The lowest BCUT2D eigenvalue weighted by molar-refractivity contribution is -0.118. The number of carbonyl (C=O) groups is 1. The zero-order valence-electron chi connectivity index (χ0n) is 16.2. The number of hydrogen-bond acceptors (Lipinski definition) is 4. The van der Waals surface area contributed by atoms with E-state index in [9.17, 15) is 4.79 Å². The first-order valence-electron chi connectivity index (χ1n) is 9.56. The standard InChI is InChI=1S/C22H28N2O2S/c1-3-19-6-4-5-7-21(19)26-16-22(25)23-20-9-8-18(14-17(20)2)15-24-10-12-27-13-11-24/h4-9,14H,3,10-13,15-16H2,1-2H3,(H,23,25). The number of nitrogens with one attached hydrogen (secondary N) is 1. The molecule has 0 aliphatic carbocycles. The van der Waals surface area contributed by atoms with Gasteiger partial charge in [-0.25, -0.2) is 0 Å². The summed E-state index contributed by atoms with van der Waals surface area (Å²) in [5.41, 5.74) is 4.35. The third-order valence-corrected chi connectivity index (χ3v) is 5.73. The van der Waals surface area contributed by atoms with Crippen molar-refractivity contribution in [2.45, 2.75) is 26.8 Å². The Kier molecular flexibility index (Phi) is 7.18. The molecule has 0 bridgehead atoms. The zero-order valence-corrected chi connectivity index (χ0v) is 17.0. The Balaban J connectivity index is 1.54. The molecule has 1 aliphatic rings. The summed E-state index contributed by atoms with van der Waals surface area (Å²) in [5, 5.41) is 2.97. The van der Waals surface area contributed by atoms with Crippen molar-refractivity contribution in [2.75, 3.05) is 36.5 Å². The first-order valence-corrected chi connectivity index (χ1v) is 10.7. The van der Waals surface area contributed by atoms with Gasteiger partial charge >= 0.3 is 0 Å². The monoisotopic (exact) mass is 384 g/mol. The molecule has 3 rings (SSSR count). The third-order valence-electron chi connectivity index (χ3n) is 4.79. The molecule has 2 aromatic rings. The minimum Gasteiger partial charge on any atom is -0.483 e. The van der Waals surface area contributed by atoms with Crippen molar-refractivity contribution in [1.82, 2.24) is 4.90 Å². The summed E-state index contributed by atoms with van der Waals surface area (Å²) in [7, 11) is 0. The van der Waals surface area contributed by atoms with Gasteiger partial charge in [-0.3, -0.25) is 9.69 Å². The van der Waals surface area contributed by atoms with Gasteiger partial charge in [-0.15, -0.1) is 0 Å². The summed E-state index contributed by atoms with van der Waals surface area (Å²) in [5.74, 6) is 3.08. The molecule has 1 amide bonds. The number of aryl methyl sites for hydroxylation is 2. The van der Waals surface area contributed by atoms with Crippen LogP contribution < -0.4 is 10.1 Å². The molecule has 0 atom stereocenters. The van der Waals surface area contributed by atoms with Crippen molar-refractivity contribution in [3.05, 3.63) is 59.2 Å². The van der Waals surface area contributed by atoms with E-state index >= 15 is 0 Å². The Bertz CT molecular complexity index is 773. The van der Waals surface area contributed by atoms with Gasteiger partial charge in [0.25, 0.3) is 5.91 Å². The number of thioether (sulfide) groups is 1. The lowest BCUT2D eigenvalue weighted by Gasteiger charge is -2.26. The van der Waals surface area contributed by atoms with Crippen LogP contribution in [-0.2, 0) is 17.8 Å². The Morgan fingerprint density at radius 3 is 2.70 bits per heavy atom. The molecular weight excluding hydrogens is 356 g/mol. The fourth-order valence-corrected chi connectivity index (χ4v) is 4.23. The number of carbonyl (C=O) groups excluding carboxylic acids is 1. The number of hydrogen-bond donors (Lipinski definition) is 1. The fraction of sp³-hybridized carbons (Fsp3) is 0.409. The van der Waals surface area contributed by atoms with Gasteiger partial charge in [0.2, 0.25) is 0 Å². The predicted molar refractivity (Wildman–Crippen MR) is 114 cm³/mol. The van der Waals surface area contributed by atoms with Gasteiger partial charge in [-0.2, -0.15) is 11.8 Å². The summed E-state index contributed by atoms with van der Waals surface area (Å²) in [6.45, 7) is 7.42. The highest BCUT2D eigenvalue weighted by molar-refractivity contribution is 7.99. The lowest BCUT2D eigenvalue weighted by atomic mass is 10.1. The second kappa shape index (κ2) is 9.81. The second-order valence-electron chi connectivity index (χ2n) is 6.84. The van der Waals surface area contributed by atoms with Crippen LogP contribution in [0.5, 0.6) is 5.75 Å². The topological polar surface area (TPSA) is 41.6 Å². The molecule has 0 aromatic heterocycles. The van der Waals surface area contributed by atoms with Crippen molar-refractivity contribution < 1.29 is 9.53 Å². The molecule has 0 saturated carbocycles. The number of amides is 1. The van der Waals surface area contributed by atoms with E-state index in [0.29, 0.717) is 0 Å². The second-order valence-corrected chi connectivity index (χ2v) is 8.06. The molecule has 4 nitrogen and oxygen atoms in total. The first-order chi connectivity index (χ1) is 13.2. The average molecular weight is 385 g/mol. The van der Waals surface area contributed by atoms with Crippen LogP contribution in [0.25, 0.3) is 0 Å². The molecule has 0 unspecified atom stereocenters. The molecular formula is C22H28N2O2S. The van der Waals surface area contributed by atoms with Gasteiger partial charge < -0.3 is 10.1 Å². The highest BCUT2D eigenvalue weighted by Gasteiger charge is 2.12. The van der Waals surface area contributed by atoms with Crippen LogP contribution in [0.3, 0.4) is 0 Å². The number of ether oxygens (including phenoxy) is 1. The van der Waals surface area contributed by atoms with Gasteiger partial charge in [0.05, 0.1) is 0 Å². The minimum atomic E-state index is -0.134. The van der Waals surface area contributed by atoms with Crippen LogP contribution >= 0.6 is 11.8 Å². The van der Waals surface area contributed by atoms with Gasteiger partial charge in [0, 0.05) is 36.8 Å². The van der Waals surface area contributed by atoms with Crippen LogP contribution in [0.15, 0.2) is 42.5 Å². The molecule has 2 aromatic carbocycles. The minimum absolute atomic E-state index is 0.0175. The lowest BCUT2D eigenvalue weighted by Crippen LogP contribution is -2.32. The molecule has 1 saturated heterocycles. The third kappa shape index (κ3) is 5.75.